The molecule has 18 heavy (non-hydrogen) atoms. The van der Waals surface area contributed by atoms with E-state index in [0.717, 1.165) is 6.42 Å². The van der Waals surface area contributed by atoms with E-state index in [2.05, 4.69) is 10.4 Å². The molecule has 1 atom stereocenters. The first-order valence-corrected chi connectivity index (χ1v) is 5.74. The minimum Gasteiger partial charge on any atom is -0.480 e. The van der Waals surface area contributed by atoms with Crippen molar-refractivity contribution in [3.8, 4) is 0 Å². The number of aryl methyl sites for hydroxylation is 1. The average molecular weight is 252 g/mol. The van der Waals surface area contributed by atoms with Crippen molar-refractivity contribution >= 4 is 11.9 Å². The Morgan fingerprint density at radius 2 is 2.28 bits per heavy atom. The molecule has 1 aliphatic rings. The Bertz CT molecular complexity index is 478. The molecule has 1 unspecified atom stereocenters. The maximum Gasteiger partial charge on any atom is 0.329 e. The van der Waals surface area contributed by atoms with Crippen molar-refractivity contribution in [2.45, 2.75) is 30.8 Å². The zero-order valence-corrected chi connectivity index (χ0v) is 10.1. The van der Waals surface area contributed by atoms with E-state index in [1.165, 1.54) is 6.20 Å². The van der Waals surface area contributed by atoms with Crippen LogP contribution in [0.15, 0.2) is 12.4 Å². The van der Waals surface area contributed by atoms with Crippen molar-refractivity contribution < 1.29 is 14.7 Å². The summed E-state index contributed by atoms with van der Waals surface area (Å²) < 4.78 is 1.54. The Hall–Kier alpha value is -1.89. The number of nitrogens with zero attached hydrogens (tertiary/aromatic N) is 2. The van der Waals surface area contributed by atoms with Gasteiger partial charge in [0.05, 0.1) is 6.20 Å². The number of aromatic nitrogens is 2. The highest BCUT2D eigenvalue weighted by Gasteiger charge is 2.46. The van der Waals surface area contributed by atoms with Gasteiger partial charge in [-0.1, -0.05) is 0 Å². The summed E-state index contributed by atoms with van der Waals surface area (Å²) in [6.45, 7) is 0. The van der Waals surface area contributed by atoms with E-state index in [0.29, 0.717) is 18.4 Å². The van der Waals surface area contributed by atoms with Crippen LogP contribution >= 0.6 is 0 Å². The van der Waals surface area contributed by atoms with Gasteiger partial charge in [-0.15, -0.1) is 0 Å². The lowest BCUT2D eigenvalue weighted by molar-refractivity contribution is -0.152. The van der Waals surface area contributed by atoms with Gasteiger partial charge >= 0.3 is 5.97 Å². The highest BCUT2D eigenvalue weighted by Crippen LogP contribution is 2.32. The topological polar surface area (TPSA) is 110 Å². The molecule has 0 saturated heterocycles. The first-order valence-electron chi connectivity index (χ1n) is 5.74. The van der Waals surface area contributed by atoms with Gasteiger partial charge in [-0.25, -0.2) is 4.79 Å². The number of amides is 1. The van der Waals surface area contributed by atoms with Crippen LogP contribution in [0.25, 0.3) is 0 Å². The zero-order valence-electron chi connectivity index (χ0n) is 10.1. The third-order valence-electron chi connectivity index (χ3n) is 3.35. The summed E-state index contributed by atoms with van der Waals surface area (Å²) in [5, 5.41) is 15.6. The van der Waals surface area contributed by atoms with Crippen LogP contribution in [0.1, 0.15) is 30.9 Å². The molecule has 7 heteroatoms. The number of carboxylic acids is 1. The number of hydrogen-bond acceptors (Lipinski definition) is 4. The van der Waals surface area contributed by atoms with Crippen LogP contribution in [0.4, 0.5) is 0 Å². The van der Waals surface area contributed by atoms with Crippen LogP contribution in [0.5, 0.6) is 0 Å². The number of nitrogens with one attached hydrogen (secondary N) is 1. The van der Waals surface area contributed by atoms with Crippen LogP contribution in [-0.2, 0) is 16.6 Å². The van der Waals surface area contributed by atoms with Gasteiger partial charge in [-0.2, -0.15) is 5.10 Å². The van der Waals surface area contributed by atoms with Crippen molar-refractivity contribution in [3.05, 3.63) is 18.0 Å². The molecule has 0 radical (unpaired) electrons. The highest BCUT2D eigenvalue weighted by atomic mass is 16.4. The largest absolute Gasteiger partial charge is 0.480 e. The summed E-state index contributed by atoms with van der Waals surface area (Å²) in [6, 6.07) is -0.893. The fourth-order valence-electron chi connectivity index (χ4n) is 1.99. The van der Waals surface area contributed by atoms with Crippen LogP contribution < -0.4 is 11.1 Å². The lowest BCUT2D eigenvalue weighted by atomic mass is 9.76. The molecule has 0 aromatic carbocycles. The molecule has 2 rings (SSSR count). The molecule has 0 bridgehead atoms. The van der Waals surface area contributed by atoms with Crippen molar-refractivity contribution in [1.29, 1.82) is 0 Å². The SMILES string of the molecule is Cn1cc(C(N)C(=O)NC2(C(=O)O)CCC2)cn1. The molecule has 1 fully saturated rings. The normalized spacial score (nSPS) is 18.8. The Labute approximate surface area is 104 Å². The predicted molar refractivity (Wildman–Crippen MR) is 62.5 cm³/mol. The average Bonchev–Trinajstić information content (AvgIpc) is 2.68. The quantitative estimate of drug-likeness (QED) is 0.671. The molecule has 98 valence electrons. The monoisotopic (exact) mass is 252 g/mol. The first-order chi connectivity index (χ1) is 8.44. The number of carboxylic acid groups (broad SMARTS) is 1. The summed E-state index contributed by atoms with van der Waals surface area (Å²) in [6.07, 6.45) is 4.84. The molecule has 7 nitrogen and oxygen atoms in total. The summed E-state index contributed by atoms with van der Waals surface area (Å²) in [4.78, 5) is 23.1. The lowest BCUT2D eigenvalue weighted by Gasteiger charge is -2.38. The Morgan fingerprint density at radius 1 is 1.61 bits per heavy atom. The van der Waals surface area contributed by atoms with Crippen LogP contribution in [-0.4, -0.2) is 32.3 Å². The van der Waals surface area contributed by atoms with Gasteiger partial charge in [-0.3, -0.25) is 9.48 Å². The van der Waals surface area contributed by atoms with E-state index in [-0.39, 0.29) is 0 Å². The number of nitrogens with two attached hydrogens (primary N) is 1. The molecule has 0 spiro atoms. The summed E-state index contributed by atoms with van der Waals surface area (Å²) in [7, 11) is 1.72. The molecule has 0 aliphatic heterocycles. The molecule has 1 saturated carbocycles. The first kappa shape index (κ1) is 12.6. The smallest absolute Gasteiger partial charge is 0.329 e. The van der Waals surface area contributed by atoms with Gasteiger partial charge < -0.3 is 16.2 Å². The number of carbonyl (C=O) groups is 2. The molecular weight excluding hydrogens is 236 g/mol. The second-order valence-electron chi connectivity index (χ2n) is 4.66. The molecule has 1 aromatic heterocycles. The number of hydrogen-bond donors (Lipinski definition) is 3. The fourth-order valence-corrected chi connectivity index (χ4v) is 1.99. The third kappa shape index (κ3) is 2.08. The Kier molecular flexibility index (Phi) is 3.08. The maximum absolute atomic E-state index is 11.9. The summed E-state index contributed by atoms with van der Waals surface area (Å²) >= 11 is 0. The third-order valence-corrected chi connectivity index (χ3v) is 3.35. The summed E-state index contributed by atoms with van der Waals surface area (Å²) in [5.41, 5.74) is 5.22. The van der Waals surface area contributed by atoms with E-state index in [1.807, 2.05) is 0 Å². The zero-order chi connectivity index (χ0) is 13.3. The molecule has 1 amide bonds. The van der Waals surface area contributed by atoms with Crippen LogP contribution in [0.3, 0.4) is 0 Å². The van der Waals surface area contributed by atoms with Gasteiger partial charge in [-0.05, 0) is 19.3 Å². The standard InChI is InChI=1S/C11H16N4O3/c1-15-6-7(5-13-15)8(12)9(16)14-11(10(17)18)3-2-4-11/h5-6,8H,2-4,12H2,1H3,(H,14,16)(H,17,18). The number of aliphatic carboxylic acids is 1. The van der Waals surface area contributed by atoms with Crippen molar-refractivity contribution in [2.24, 2.45) is 12.8 Å². The molecule has 1 heterocycles. The minimum absolute atomic E-state index is 0.452. The Balaban J connectivity index is 2.06. The minimum atomic E-state index is -1.13. The van der Waals surface area contributed by atoms with Gasteiger partial charge in [0.2, 0.25) is 5.91 Å². The van der Waals surface area contributed by atoms with E-state index in [9.17, 15) is 9.59 Å². The van der Waals surface area contributed by atoms with Gasteiger partial charge in [0.25, 0.3) is 0 Å². The second kappa shape index (κ2) is 4.41. The van der Waals surface area contributed by atoms with Gasteiger partial charge in [0, 0.05) is 18.8 Å². The molecule has 1 aromatic rings. The van der Waals surface area contributed by atoms with E-state index < -0.39 is 23.5 Å². The molecular formula is C11H16N4O3. The Morgan fingerprint density at radius 3 is 2.67 bits per heavy atom. The summed E-state index contributed by atoms with van der Waals surface area (Å²) in [5.74, 6) is -1.48. The van der Waals surface area contributed by atoms with E-state index in [4.69, 9.17) is 10.8 Å². The second-order valence-corrected chi connectivity index (χ2v) is 4.66. The molecule has 4 N–H and O–H groups in total. The van der Waals surface area contributed by atoms with Gasteiger partial charge in [0.15, 0.2) is 0 Å². The predicted octanol–water partition coefficient (Wildman–Crippen LogP) is -0.457. The number of carbonyl (C=O) groups excluding carboxylic acids is 1. The van der Waals surface area contributed by atoms with Crippen LogP contribution in [0, 0.1) is 0 Å². The van der Waals surface area contributed by atoms with Gasteiger partial charge in [0.1, 0.15) is 11.6 Å². The van der Waals surface area contributed by atoms with Crippen molar-refractivity contribution in [3.63, 3.8) is 0 Å². The van der Waals surface area contributed by atoms with Crippen molar-refractivity contribution in [1.82, 2.24) is 15.1 Å². The lowest BCUT2D eigenvalue weighted by Crippen LogP contribution is -2.60. The molecule has 1 aliphatic carbocycles. The van der Waals surface area contributed by atoms with E-state index >= 15 is 0 Å². The fraction of sp³-hybridized carbons (Fsp3) is 0.545. The van der Waals surface area contributed by atoms with Crippen LogP contribution in [0.2, 0.25) is 0 Å². The number of rotatable bonds is 4. The highest BCUT2D eigenvalue weighted by molar-refractivity contribution is 5.90. The van der Waals surface area contributed by atoms with E-state index in [1.54, 1.807) is 17.9 Å². The maximum atomic E-state index is 11.9. The van der Waals surface area contributed by atoms with Crippen molar-refractivity contribution in [2.75, 3.05) is 0 Å².